The fraction of sp³-hybridized carbons (Fsp3) is 0.231. The van der Waals surface area contributed by atoms with Crippen molar-refractivity contribution in [1.82, 2.24) is 9.88 Å². The van der Waals surface area contributed by atoms with Gasteiger partial charge in [0.05, 0.1) is 11.7 Å². The van der Waals surface area contributed by atoms with E-state index in [-0.39, 0.29) is 17.9 Å². The van der Waals surface area contributed by atoms with E-state index >= 15 is 0 Å². The summed E-state index contributed by atoms with van der Waals surface area (Å²) in [5.74, 6) is 0.304. The van der Waals surface area contributed by atoms with Gasteiger partial charge < -0.3 is 4.90 Å². The van der Waals surface area contributed by atoms with E-state index in [1.54, 1.807) is 17.2 Å². The highest BCUT2D eigenvalue weighted by Crippen LogP contribution is 2.37. The van der Waals surface area contributed by atoms with E-state index in [0.717, 1.165) is 11.3 Å². The molecule has 0 aromatic carbocycles. The lowest BCUT2D eigenvalue weighted by Crippen LogP contribution is -2.38. The van der Waals surface area contributed by atoms with E-state index in [4.69, 9.17) is 0 Å². The number of carbonyl (C=O) groups is 1. The number of amides is 1. The van der Waals surface area contributed by atoms with Gasteiger partial charge in [-0.25, -0.2) is 0 Å². The monoisotopic (exact) mass is 212 g/mol. The van der Waals surface area contributed by atoms with Crippen molar-refractivity contribution in [3.63, 3.8) is 0 Å². The average Bonchev–Trinajstić information content (AvgIpc) is 2.33. The van der Waals surface area contributed by atoms with E-state index in [1.807, 2.05) is 25.3 Å². The van der Waals surface area contributed by atoms with Crippen molar-refractivity contribution in [2.45, 2.75) is 6.04 Å². The maximum absolute atomic E-state index is 11.6. The van der Waals surface area contributed by atoms with Gasteiger partial charge in [-0.2, -0.15) is 0 Å². The topological polar surface area (TPSA) is 33.2 Å². The molecule has 16 heavy (non-hydrogen) atoms. The summed E-state index contributed by atoms with van der Waals surface area (Å²) >= 11 is 0. The summed E-state index contributed by atoms with van der Waals surface area (Å²) < 4.78 is 0. The van der Waals surface area contributed by atoms with E-state index in [1.165, 1.54) is 0 Å². The van der Waals surface area contributed by atoms with Gasteiger partial charge in [0, 0.05) is 19.2 Å². The van der Waals surface area contributed by atoms with E-state index in [2.05, 4.69) is 17.1 Å². The van der Waals surface area contributed by atoms with Gasteiger partial charge in [-0.1, -0.05) is 24.3 Å². The van der Waals surface area contributed by atoms with Crippen molar-refractivity contribution in [1.29, 1.82) is 0 Å². The van der Waals surface area contributed by atoms with Gasteiger partial charge in [-0.05, 0) is 17.7 Å². The van der Waals surface area contributed by atoms with Crippen LogP contribution in [-0.4, -0.2) is 22.8 Å². The van der Waals surface area contributed by atoms with Crippen molar-refractivity contribution < 1.29 is 4.79 Å². The molecule has 0 unspecified atom stereocenters. The molecular weight excluding hydrogens is 200 g/mol. The predicted molar refractivity (Wildman–Crippen MR) is 61.4 cm³/mol. The molecule has 1 aromatic heterocycles. The molecule has 2 heterocycles. The lowest BCUT2D eigenvalue weighted by Gasteiger charge is -2.36. The summed E-state index contributed by atoms with van der Waals surface area (Å²) in [6.07, 6.45) is 9.60. The Morgan fingerprint density at radius 2 is 2.12 bits per heavy atom. The summed E-state index contributed by atoms with van der Waals surface area (Å²) in [5, 5.41) is 0. The predicted octanol–water partition coefficient (Wildman–Crippen LogP) is 1.79. The van der Waals surface area contributed by atoms with Crippen LogP contribution in [0.4, 0.5) is 0 Å². The molecule has 1 aliphatic heterocycles. The van der Waals surface area contributed by atoms with Gasteiger partial charge in [0.25, 0.3) is 0 Å². The number of likely N-dealkylation sites (N-methyl/N-ethyl adjacent to an activating group) is 1. The summed E-state index contributed by atoms with van der Waals surface area (Å²) in [6, 6.07) is 4.01. The van der Waals surface area contributed by atoms with E-state index in [0.29, 0.717) is 0 Å². The Labute approximate surface area is 94.1 Å². The minimum atomic E-state index is 0.0492. The lowest BCUT2D eigenvalue weighted by atomic mass is 9.85. The van der Waals surface area contributed by atoms with Gasteiger partial charge in [0.15, 0.2) is 0 Å². The molecule has 0 radical (unpaired) electrons. The molecule has 3 rings (SSSR count). The van der Waals surface area contributed by atoms with Crippen molar-refractivity contribution in [3.05, 3.63) is 47.8 Å². The first-order valence-corrected chi connectivity index (χ1v) is 5.35. The van der Waals surface area contributed by atoms with Crippen LogP contribution in [0, 0.1) is 5.92 Å². The van der Waals surface area contributed by atoms with Crippen molar-refractivity contribution in [2.75, 3.05) is 7.05 Å². The Hall–Kier alpha value is -1.90. The first-order valence-electron chi connectivity index (χ1n) is 5.35. The highest BCUT2D eigenvalue weighted by atomic mass is 16.2. The van der Waals surface area contributed by atoms with Crippen molar-refractivity contribution in [3.8, 4) is 0 Å². The minimum absolute atomic E-state index is 0.0492. The van der Waals surface area contributed by atoms with Gasteiger partial charge in [-0.15, -0.1) is 0 Å². The van der Waals surface area contributed by atoms with Gasteiger partial charge in [0.1, 0.15) is 0 Å². The normalized spacial score (nSPS) is 26.6. The number of nitrogens with zero attached hydrogens (tertiary/aromatic N) is 2. The first-order chi connectivity index (χ1) is 7.77. The standard InChI is InChI=1S/C13H12N2O/c1-15-11(16)7-6-10-5-4-9-3-2-8-14-12(9)13(10)15/h2-8,10,13H,1H3/t10-,13+/m1/s1. The van der Waals surface area contributed by atoms with Crippen LogP contribution >= 0.6 is 0 Å². The number of fused-ring (bicyclic) bond motifs is 3. The highest BCUT2D eigenvalue weighted by Gasteiger charge is 2.33. The van der Waals surface area contributed by atoms with Crippen LogP contribution in [0.15, 0.2) is 36.6 Å². The number of rotatable bonds is 0. The summed E-state index contributed by atoms with van der Waals surface area (Å²) in [7, 11) is 1.83. The lowest BCUT2D eigenvalue weighted by molar-refractivity contribution is -0.128. The maximum atomic E-state index is 11.6. The van der Waals surface area contributed by atoms with E-state index in [9.17, 15) is 4.79 Å². The van der Waals surface area contributed by atoms with E-state index < -0.39 is 0 Å². The van der Waals surface area contributed by atoms with Crippen LogP contribution in [0.1, 0.15) is 17.3 Å². The van der Waals surface area contributed by atoms with Crippen LogP contribution in [-0.2, 0) is 4.79 Å². The van der Waals surface area contributed by atoms with Crippen molar-refractivity contribution >= 4 is 12.0 Å². The smallest absolute Gasteiger partial charge is 0.246 e. The number of pyridine rings is 1. The zero-order valence-electron chi connectivity index (χ0n) is 9.00. The molecule has 0 saturated heterocycles. The fourth-order valence-corrected chi connectivity index (χ4v) is 2.38. The largest absolute Gasteiger partial charge is 0.333 e. The molecular formula is C13H12N2O. The highest BCUT2D eigenvalue weighted by molar-refractivity contribution is 5.89. The number of aromatic nitrogens is 1. The molecule has 2 aliphatic rings. The quantitative estimate of drug-likeness (QED) is 0.657. The molecule has 1 aliphatic carbocycles. The molecule has 1 aromatic rings. The summed E-state index contributed by atoms with van der Waals surface area (Å²) in [6.45, 7) is 0. The van der Waals surface area contributed by atoms with Gasteiger partial charge >= 0.3 is 0 Å². The maximum Gasteiger partial charge on any atom is 0.246 e. The fourth-order valence-electron chi connectivity index (χ4n) is 2.38. The van der Waals surface area contributed by atoms with Crippen LogP contribution in [0.3, 0.4) is 0 Å². The second-order valence-electron chi connectivity index (χ2n) is 4.17. The molecule has 0 spiro atoms. The van der Waals surface area contributed by atoms with Crippen molar-refractivity contribution in [2.24, 2.45) is 5.92 Å². The second-order valence-corrected chi connectivity index (χ2v) is 4.17. The Balaban J connectivity index is 2.15. The third-order valence-corrected chi connectivity index (χ3v) is 3.24. The van der Waals surface area contributed by atoms with Gasteiger partial charge in [-0.3, -0.25) is 9.78 Å². The Morgan fingerprint density at radius 3 is 3.00 bits per heavy atom. The molecule has 0 fully saturated rings. The van der Waals surface area contributed by atoms with Crippen LogP contribution in [0.25, 0.3) is 6.08 Å². The van der Waals surface area contributed by atoms with Crippen LogP contribution in [0.2, 0.25) is 0 Å². The zero-order valence-corrected chi connectivity index (χ0v) is 9.00. The number of carbonyl (C=O) groups excluding carboxylic acids is 1. The Morgan fingerprint density at radius 1 is 1.31 bits per heavy atom. The zero-order chi connectivity index (χ0) is 11.1. The Bertz CT molecular complexity index is 504. The molecule has 0 saturated carbocycles. The molecule has 0 bridgehead atoms. The average molecular weight is 212 g/mol. The Kier molecular flexibility index (Phi) is 1.93. The summed E-state index contributed by atoms with van der Waals surface area (Å²) in [5.41, 5.74) is 2.11. The van der Waals surface area contributed by atoms with Gasteiger partial charge in [0.2, 0.25) is 5.91 Å². The molecule has 3 heteroatoms. The molecule has 0 N–H and O–H groups in total. The van der Waals surface area contributed by atoms with Crippen LogP contribution < -0.4 is 0 Å². The third kappa shape index (κ3) is 1.21. The third-order valence-electron chi connectivity index (χ3n) is 3.24. The second kappa shape index (κ2) is 3.30. The molecule has 3 nitrogen and oxygen atoms in total. The molecule has 2 atom stereocenters. The molecule has 1 amide bonds. The molecule has 80 valence electrons. The first kappa shape index (κ1) is 9.33. The minimum Gasteiger partial charge on any atom is -0.333 e. The SMILES string of the molecule is CN1C(=O)C=C[C@H]2C=Cc3cccnc3[C@H]21. The summed E-state index contributed by atoms with van der Waals surface area (Å²) in [4.78, 5) is 17.8. The number of hydrogen-bond donors (Lipinski definition) is 0. The number of hydrogen-bond acceptors (Lipinski definition) is 2. The van der Waals surface area contributed by atoms with Crippen LogP contribution in [0.5, 0.6) is 0 Å².